The fourth-order valence-corrected chi connectivity index (χ4v) is 2.54. The summed E-state index contributed by atoms with van der Waals surface area (Å²) in [5.41, 5.74) is 1.47. The third-order valence-corrected chi connectivity index (χ3v) is 4.14. The number of carbonyl (C=O) groups is 3. The van der Waals surface area contributed by atoms with Crippen LogP contribution in [-0.2, 0) is 20.9 Å². The molecule has 0 fully saturated rings. The van der Waals surface area contributed by atoms with Crippen molar-refractivity contribution in [3.63, 3.8) is 0 Å². The van der Waals surface area contributed by atoms with Gasteiger partial charge in [-0.05, 0) is 29.8 Å². The van der Waals surface area contributed by atoms with Crippen molar-refractivity contribution in [3.8, 4) is 0 Å². The average Bonchev–Trinajstić information content (AvgIpc) is 2.66. The van der Waals surface area contributed by atoms with Crippen molar-refractivity contribution in [2.24, 2.45) is 0 Å². The summed E-state index contributed by atoms with van der Waals surface area (Å²) in [6.07, 6.45) is 3.41. The van der Waals surface area contributed by atoms with Gasteiger partial charge in [0.1, 0.15) is 0 Å². The third-order valence-electron chi connectivity index (χ3n) is 3.81. The van der Waals surface area contributed by atoms with Crippen molar-refractivity contribution in [1.82, 2.24) is 9.88 Å². The monoisotopic (exact) mass is 389 g/mol. The molecule has 1 heterocycles. The van der Waals surface area contributed by atoms with Crippen LogP contribution in [0.2, 0.25) is 5.02 Å². The first-order valence-electron chi connectivity index (χ1n) is 8.23. The summed E-state index contributed by atoms with van der Waals surface area (Å²) in [6.45, 7) is 2.06. The summed E-state index contributed by atoms with van der Waals surface area (Å²) >= 11 is 6.07. The lowest BCUT2D eigenvalue weighted by Crippen LogP contribution is -2.31. The molecule has 7 nitrogen and oxygen atoms in total. The van der Waals surface area contributed by atoms with Crippen LogP contribution >= 0.6 is 11.6 Å². The van der Waals surface area contributed by atoms with E-state index in [4.69, 9.17) is 11.6 Å². The van der Waals surface area contributed by atoms with Gasteiger partial charge in [0.25, 0.3) is 0 Å². The van der Waals surface area contributed by atoms with Crippen LogP contribution in [-0.4, -0.2) is 41.3 Å². The zero-order chi connectivity index (χ0) is 19.8. The van der Waals surface area contributed by atoms with E-state index in [0.29, 0.717) is 17.3 Å². The number of anilines is 1. The molecule has 0 saturated carbocycles. The van der Waals surface area contributed by atoms with E-state index in [1.54, 1.807) is 23.4 Å². The first kappa shape index (κ1) is 20.4. The van der Waals surface area contributed by atoms with E-state index in [1.165, 1.54) is 32.2 Å². The standard InChI is InChI=1S/C19H20ClN3O4/c1-13(24)23(12-14-4-3-8-21-11-14)9-7-18(25)22-17-10-15(19(26)27-2)5-6-16(17)20/h3-6,8,10-11H,7,9,12H2,1-2H3,(H,22,25). The molecule has 0 saturated heterocycles. The molecule has 0 aliphatic heterocycles. The summed E-state index contributed by atoms with van der Waals surface area (Å²) in [6, 6.07) is 8.12. The molecule has 1 aromatic heterocycles. The molecule has 0 spiro atoms. The minimum Gasteiger partial charge on any atom is -0.465 e. The number of ether oxygens (including phenoxy) is 1. The predicted octanol–water partition coefficient (Wildman–Crippen LogP) is 2.90. The maximum Gasteiger partial charge on any atom is 0.337 e. The van der Waals surface area contributed by atoms with Crippen molar-refractivity contribution in [3.05, 3.63) is 58.9 Å². The van der Waals surface area contributed by atoms with Gasteiger partial charge in [0.15, 0.2) is 0 Å². The Labute approximate surface area is 162 Å². The molecule has 1 aromatic carbocycles. The van der Waals surface area contributed by atoms with Crippen molar-refractivity contribution in [2.45, 2.75) is 19.9 Å². The van der Waals surface area contributed by atoms with Crippen LogP contribution in [0.25, 0.3) is 0 Å². The number of hydrogen-bond donors (Lipinski definition) is 1. The lowest BCUT2D eigenvalue weighted by atomic mass is 10.2. The summed E-state index contributed by atoms with van der Waals surface area (Å²) in [5.74, 6) is -0.991. The normalized spacial score (nSPS) is 10.2. The Hall–Kier alpha value is -2.93. The quantitative estimate of drug-likeness (QED) is 0.735. The number of halogens is 1. The van der Waals surface area contributed by atoms with Gasteiger partial charge in [-0.15, -0.1) is 0 Å². The van der Waals surface area contributed by atoms with Crippen LogP contribution < -0.4 is 5.32 Å². The zero-order valence-electron chi connectivity index (χ0n) is 15.1. The first-order valence-corrected chi connectivity index (χ1v) is 8.60. The molecule has 0 aliphatic carbocycles. The van der Waals surface area contributed by atoms with Crippen molar-refractivity contribution >= 4 is 35.1 Å². The van der Waals surface area contributed by atoms with Gasteiger partial charge >= 0.3 is 5.97 Å². The molecule has 0 unspecified atom stereocenters. The fourth-order valence-electron chi connectivity index (χ4n) is 2.37. The van der Waals surface area contributed by atoms with E-state index < -0.39 is 5.97 Å². The fraction of sp³-hybridized carbons (Fsp3) is 0.263. The Kier molecular flexibility index (Phi) is 7.31. The summed E-state index contributed by atoms with van der Waals surface area (Å²) in [5, 5.41) is 2.96. The number of carbonyl (C=O) groups excluding carboxylic acids is 3. The minimum atomic E-state index is -0.526. The first-order chi connectivity index (χ1) is 12.9. The van der Waals surface area contributed by atoms with Crippen molar-refractivity contribution in [2.75, 3.05) is 19.0 Å². The maximum absolute atomic E-state index is 12.3. The second kappa shape index (κ2) is 9.68. The molecule has 0 bridgehead atoms. The maximum atomic E-state index is 12.3. The molecule has 1 N–H and O–H groups in total. The van der Waals surface area contributed by atoms with E-state index in [-0.39, 0.29) is 30.3 Å². The number of nitrogens with zero attached hydrogens (tertiary/aromatic N) is 2. The molecule has 0 aliphatic rings. The van der Waals surface area contributed by atoms with Gasteiger partial charge in [-0.2, -0.15) is 0 Å². The van der Waals surface area contributed by atoms with Gasteiger partial charge in [-0.25, -0.2) is 4.79 Å². The highest BCUT2D eigenvalue weighted by molar-refractivity contribution is 6.33. The molecule has 2 amide bonds. The molecule has 2 rings (SSSR count). The summed E-state index contributed by atoms with van der Waals surface area (Å²) < 4.78 is 4.65. The van der Waals surface area contributed by atoms with Gasteiger partial charge in [0.2, 0.25) is 11.8 Å². The van der Waals surface area contributed by atoms with Gasteiger partial charge in [0, 0.05) is 38.8 Å². The molecule has 0 radical (unpaired) electrons. The Morgan fingerprint density at radius 3 is 2.67 bits per heavy atom. The molecular formula is C19H20ClN3O4. The second-order valence-electron chi connectivity index (χ2n) is 5.79. The van der Waals surface area contributed by atoms with Crippen LogP contribution in [0.4, 0.5) is 5.69 Å². The van der Waals surface area contributed by atoms with Crippen LogP contribution in [0.3, 0.4) is 0 Å². The van der Waals surface area contributed by atoms with E-state index in [0.717, 1.165) is 5.56 Å². The van der Waals surface area contributed by atoms with Crippen molar-refractivity contribution in [1.29, 1.82) is 0 Å². The number of pyridine rings is 1. The molecule has 142 valence electrons. The Bertz CT molecular complexity index is 827. The number of aromatic nitrogens is 1. The molecular weight excluding hydrogens is 370 g/mol. The molecule has 2 aromatic rings. The van der Waals surface area contributed by atoms with Gasteiger partial charge < -0.3 is 15.0 Å². The van der Waals surface area contributed by atoms with Crippen LogP contribution in [0.1, 0.15) is 29.3 Å². The van der Waals surface area contributed by atoms with Crippen LogP contribution in [0, 0.1) is 0 Å². The number of rotatable bonds is 7. The second-order valence-corrected chi connectivity index (χ2v) is 6.19. The number of benzene rings is 1. The number of nitrogens with one attached hydrogen (secondary N) is 1. The number of methoxy groups -OCH3 is 1. The van der Waals surface area contributed by atoms with E-state index in [2.05, 4.69) is 15.0 Å². The largest absolute Gasteiger partial charge is 0.465 e. The van der Waals surface area contributed by atoms with Crippen molar-refractivity contribution < 1.29 is 19.1 Å². The number of amides is 2. The third kappa shape index (κ3) is 6.07. The highest BCUT2D eigenvalue weighted by atomic mass is 35.5. The van der Waals surface area contributed by atoms with Gasteiger partial charge in [0.05, 0.1) is 23.4 Å². The summed E-state index contributed by atoms with van der Waals surface area (Å²) in [7, 11) is 1.27. The SMILES string of the molecule is COC(=O)c1ccc(Cl)c(NC(=O)CCN(Cc2cccnc2)C(C)=O)c1. The zero-order valence-corrected chi connectivity index (χ0v) is 15.8. The smallest absolute Gasteiger partial charge is 0.337 e. The van der Waals surface area contributed by atoms with Gasteiger partial charge in [-0.3, -0.25) is 14.6 Å². The highest BCUT2D eigenvalue weighted by Crippen LogP contribution is 2.23. The highest BCUT2D eigenvalue weighted by Gasteiger charge is 2.14. The Morgan fingerprint density at radius 1 is 1.26 bits per heavy atom. The topological polar surface area (TPSA) is 88.6 Å². The van der Waals surface area contributed by atoms with Crippen LogP contribution in [0.15, 0.2) is 42.7 Å². The lowest BCUT2D eigenvalue weighted by Gasteiger charge is -2.20. The Balaban J connectivity index is 1.98. The molecule has 0 atom stereocenters. The molecule has 27 heavy (non-hydrogen) atoms. The summed E-state index contributed by atoms with van der Waals surface area (Å²) in [4.78, 5) is 41.3. The average molecular weight is 390 g/mol. The van der Waals surface area contributed by atoms with Gasteiger partial charge in [-0.1, -0.05) is 17.7 Å². The predicted molar refractivity (Wildman–Crippen MR) is 101 cm³/mol. The lowest BCUT2D eigenvalue weighted by molar-refractivity contribution is -0.129. The number of esters is 1. The Morgan fingerprint density at radius 2 is 2.04 bits per heavy atom. The van der Waals surface area contributed by atoms with Crippen LogP contribution in [0.5, 0.6) is 0 Å². The number of hydrogen-bond acceptors (Lipinski definition) is 5. The molecule has 8 heteroatoms. The van der Waals surface area contributed by atoms with E-state index in [9.17, 15) is 14.4 Å². The van der Waals surface area contributed by atoms with E-state index >= 15 is 0 Å². The van der Waals surface area contributed by atoms with E-state index in [1.807, 2.05) is 6.07 Å². The minimum absolute atomic E-state index is 0.0820.